The van der Waals surface area contributed by atoms with Crippen LogP contribution < -0.4 is 0 Å². The van der Waals surface area contributed by atoms with Crippen molar-refractivity contribution in [1.29, 1.82) is 0 Å². The Labute approximate surface area is 108 Å². The Morgan fingerprint density at radius 1 is 1.10 bits per heavy atom. The second kappa shape index (κ2) is 6.51. The van der Waals surface area contributed by atoms with Crippen LogP contribution in [0, 0.1) is 0 Å². The average molecular weight is 313 g/mol. The number of rotatable bonds is 8. The van der Waals surface area contributed by atoms with E-state index in [9.17, 15) is 39.9 Å². The van der Waals surface area contributed by atoms with Crippen molar-refractivity contribution < 1.29 is 39.9 Å². The molecule has 0 aromatic carbocycles. The molecule has 0 amide bonds. The van der Waals surface area contributed by atoms with E-state index in [1.165, 1.54) is 6.92 Å². The summed E-state index contributed by atoms with van der Waals surface area (Å²) >= 11 is 0. The minimum Gasteiger partial charge on any atom is -0.211 e. The van der Waals surface area contributed by atoms with Crippen molar-refractivity contribution in [2.24, 2.45) is 4.99 Å². The van der Waals surface area contributed by atoms with Crippen molar-refractivity contribution in [1.82, 2.24) is 0 Å². The lowest BCUT2D eigenvalue weighted by Gasteiger charge is -2.33. The zero-order chi connectivity index (χ0) is 16.2. The Morgan fingerprint density at radius 2 is 1.60 bits per heavy atom. The minimum atomic E-state index is -6.27. The molecule has 0 aliphatic rings. The smallest absolute Gasteiger partial charge is 0.211 e. The first-order valence-corrected chi connectivity index (χ1v) is 5.42. The maximum absolute atomic E-state index is 13.2. The largest absolute Gasteiger partial charge is 0.377 e. The van der Waals surface area contributed by atoms with Gasteiger partial charge in [0.1, 0.15) is 0 Å². The highest BCUT2D eigenvalue weighted by molar-refractivity contribution is 5.33. The molecule has 10 heteroatoms. The van der Waals surface area contributed by atoms with E-state index < -0.39 is 36.7 Å². The number of carbonyl (C=O) groups excluding carboxylic acids is 1. The Kier molecular flexibility index (Phi) is 6.13. The summed E-state index contributed by atoms with van der Waals surface area (Å²) in [7, 11) is 0. The van der Waals surface area contributed by atoms with Crippen LogP contribution in [0.4, 0.5) is 35.1 Å². The number of nitrogens with zero attached hydrogens (tertiary/aromatic N) is 1. The zero-order valence-electron chi connectivity index (χ0n) is 10.2. The zero-order valence-corrected chi connectivity index (χ0v) is 10.2. The van der Waals surface area contributed by atoms with Crippen LogP contribution in [0.5, 0.6) is 0 Å². The molecule has 0 saturated heterocycles. The quantitative estimate of drug-likeness (QED) is 0.377. The van der Waals surface area contributed by atoms with Gasteiger partial charge in [0, 0.05) is 6.42 Å². The molecule has 0 rings (SSSR count). The fourth-order valence-electron chi connectivity index (χ4n) is 1.42. The third-order valence-corrected chi connectivity index (χ3v) is 2.50. The average Bonchev–Trinajstić information content (AvgIpc) is 2.28. The second-order valence-electron chi connectivity index (χ2n) is 4.07. The highest BCUT2D eigenvalue weighted by Crippen LogP contribution is 2.50. The van der Waals surface area contributed by atoms with E-state index >= 15 is 0 Å². The molecule has 0 N–H and O–H groups in total. The molecule has 0 heterocycles. The molecule has 0 aromatic rings. The van der Waals surface area contributed by atoms with Gasteiger partial charge in [-0.2, -0.15) is 26.3 Å². The Balaban J connectivity index is 5.33. The third-order valence-electron chi connectivity index (χ3n) is 2.50. The number of hydrogen-bond donors (Lipinski definition) is 0. The minimum absolute atomic E-state index is 0.142. The summed E-state index contributed by atoms with van der Waals surface area (Å²) in [6.07, 6.45) is -6.19. The number of isocyanates is 1. The van der Waals surface area contributed by atoms with Crippen molar-refractivity contribution in [3.8, 4) is 0 Å². The Hall–Kier alpha value is -1.18. The highest BCUT2D eigenvalue weighted by atomic mass is 19.4. The van der Waals surface area contributed by atoms with Gasteiger partial charge in [-0.05, 0) is 6.42 Å². The predicted molar refractivity (Wildman–Crippen MR) is 52.3 cm³/mol. The lowest BCUT2D eigenvalue weighted by atomic mass is 9.96. The maximum atomic E-state index is 13.2. The van der Waals surface area contributed by atoms with Gasteiger partial charge in [-0.25, -0.2) is 18.6 Å². The van der Waals surface area contributed by atoms with Crippen LogP contribution >= 0.6 is 0 Å². The van der Waals surface area contributed by atoms with Gasteiger partial charge in [0.15, 0.2) is 0 Å². The molecular weight excluding hydrogens is 302 g/mol. The highest BCUT2D eigenvalue weighted by Gasteiger charge is 2.75. The first-order chi connectivity index (χ1) is 8.94. The molecule has 20 heavy (non-hydrogen) atoms. The van der Waals surface area contributed by atoms with Gasteiger partial charge in [-0.3, -0.25) is 0 Å². The topological polar surface area (TPSA) is 29.4 Å². The molecule has 0 aliphatic heterocycles. The van der Waals surface area contributed by atoms with Gasteiger partial charge in [0.2, 0.25) is 6.08 Å². The fourth-order valence-corrected chi connectivity index (χ4v) is 1.42. The lowest BCUT2D eigenvalue weighted by molar-refractivity contribution is -0.340. The van der Waals surface area contributed by atoms with E-state index in [2.05, 4.69) is 4.99 Å². The monoisotopic (exact) mass is 313 g/mol. The van der Waals surface area contributed by atoms with Gasteiger partial charge in [-0.1, -0.05) is 13.3 Å². The van der Waals surface area contributed by atoms with Crippen LogP contribution in [-0.4, -0.2) is 36.3 Å². The molecule has 118 valence electrons. The summed E-state index contributed by atoms with van der Waals surface area (Å²) in [4.78, 5) is 12.7. The van der Waals surface area contributed by atoms with E-state index in [0.717, 1.165) is 6.08 Å². The summed E-state index contributed by atoms with van der Waals surface area (Å²) in [6.45, 7) is 1.44. The van der Waals surface area contributed by atoms with Crippen molar-refractivity contribution >= 4 is 6.08 Å². The van der Waals surface area contributed by atoms with Crippen LogP contribution in [0.25, 0.3) is 0 Å². The number of alkyl halides is 8. The van der Waals surface area contributed by atoms with Crippen LogP contribution in [0.1, 0.15) is 26.2 Å². The molecule has 0 fully saturated rings. The van der Waals surface area contributed by atoms with Crippen molar-refractivity contribution in [3.05, 3.63) is 0 Å². The number of hydrogen-bond acceptors (Lipinski definition) is 2. The van der Waals surface area contributed by atoms with Crippen LogP contribution in [0.2, 0.25) is 0 Å². The Morgan fingerprint density at radius 3 is 1.95 bits per heavy atom. The van der Waals surface area contributed by atoms with E-state index in [0.29, 0.717) is 0 Å². The predicted octanol–water partition coefficient (Wildman–Crippen LogP) is 4.05. The SMILES string of the molecule is CCCC(CC(F)(F)C(F)(F)C(F)(F)C(F)F)N=C=O. The molecule has 0 radical (unpaired) electrons. The molecular formula is C10H11F8NO. The van der Waals surface area contributed by atoms with E-state index in [1.54, 1.807) is 0 Å². The van der Waals surface area contributed by atoms with Crippen LogP contribution in [0.15, 0.2) is 4.99 Å². The van der Waals surface area contributed by atoms with E-state index in [1.807, 2.05) is 0 Å². The molecule has 0 bridgehead atoms. The van der Waals surface area contributed by atoms with Crippen LogP contribution in [0.3, 0.4) is 0 Å². The van der Waals surface area contributed by atoms with E-state index in [4.69, 9.17) is 0 Å². The molecule has 1 atom stereocenters. The van der Waals surface area contributed by atoms with Crippen molar-refractivity contribution in [2.75, 3.05) is 0 Å². The molecule has 0 aromatic heterocycles. The maximum Gasteiger partial charge on any atom is 0.377 e. The molecule has 1 unspecified atom stereocenters. The summed E-state index contributed by atoms with van der Waals surface area (Å²) < 4.78 is 101. The van der Waals surface area contributed by atoms with Gasteiger partial charge >= 0.3 is 24.2 Å². The third kappa shape index (κ3) is 3.68. The normalized spacial score (nSPS) is 15.1. The summed E-state index contributed by atoms with van der Waals surface area (Å²) in [5, 5.41) is 0. The Bertz CT molecular complexity index is 364. The lowest BCUT2D eigenvalue weighted by Crippen LogP contribution is -2.58. The number of aliphatic imine (C=N–C) groups is 1. The molecule has 0 spiro atoms. The fraction of sp³-hybridized carbons (Fsp3) is 0.900. The van der Waals surface area contributed by atoms with E-state index in [-0.39, 0.29) is 12.8 Å². The molecule has 0 saturated carbocycles. The summed E-state index contributed by atoms with van der Waals surface area (Å²) in [6, 6.07) is -1.70. The van der Waals surface area contributed by atoms with Gasteiger partial charge in [0.05, 0.1) is 6.04 Å². The second-order valence-corrected chi connectivity index (χ2v) is 4.07. The van der Waals surface area contributed by atoms with Gasteiger partial charge < -0.3 is 0 Å². The summed E-state index contributed by atoms with van der Waals surface area (Å²) in [5.74, 6) is -17.9. The van der Waals surface area contributed by atoms with Gasteiger partial charge in [0.25, 0.3) is 0 Å². The van der Waals surface area contributed by atoms with Crippen LogP contribution in [-0.2, 0) is 4.79 Å². The first-order valence-electron chi connectivity index (χ1n) is 5.42. The first kappa shape index (κ1) is 18.8. The molecule has 0 aliphatic carbocycles. The molecule has 2 nitrogen and oxygen atoms in total. The summed E-state index contributed by atoms with van der Waals surface area (Å²) in [5.41, 5.74) is 0. The van der Waals surface area contributed by atoms with Gasteiger partial charge in [-0.15, -0.1) is 0 Å². The van der Waals surface area contributed by atoms with Crippen molar-refractivity contribution in [2.45, 2.75) is 56.4 Å². The number of halogens is 8. The standard InChI is InChI=1S/C10H11F8NO/c1-2-3-6(19-5-20)4-8(13,14)10(17,18)9(15,16)7(11)12/h6-7H,2-4H2,1H3. The van der Waals surface area contributed by atoms with Crippen molar-refractivity contribution in [3.63, 3.8) is 0 Å².